The van der Waals surface area contributed by atoms with E-state index in [1.165, 1.54) is 0 Å². The van der Waals surface area contributed by atoms with Crippen molar-refractivity contribution in [2.75, 3.05) is 19.0 Å². The predicted molar refractivity (Wildman–Crippen MR) is 69.3 cm³/mol. The minimum absolute atomic E-state index is 0.136. The van der Waals surface area contributed by atoms with E-state index in [0.717, 1.165) is 23.7 Å². The molecule has 2 aromatic rings. The second-order valence-electron chi connectivity index (χ2n) is 4.00. The summed E-state index contributed by atoms with van der Waals surface area (Å²) in [5.41, 5.74) is 0.923. The molecule has 0 radical (unpaired) electrons. The van der Waals surface area contributed by atoms with Gasteiger partial charge in [0.1, 0.15) is 11.4 Å². The molecule has 0 spiro atoms. The minimum Gasteiger partial charge on any atom is -0.497 e. The molecule has 1 N–H and O–H groups in total. The number of methoxy groups -OCH3 is 1. The van der Waals surface area contributed by atoms with Gasteiger partial charge in [-0.1, -0.05) is 12.1 Å². The van der Waals surface area contributed by atoms with Gasteiger partial charge < -0.3 is 10.1 Å². The third-order valence-corrected chi connectivity index (χ3v) is 2.73. The monoisotopic (exact) mass is 264 g/mol. The van der Waals surface area contributed by atoms with Gasteiger partial charge in [0, 0.05) is 6.54 Å². The predicted octanol–water partition coefficient (Wildman–Crippen LogP) is 3.02. The Bertz CT molecular complexity index is 523. The summed E-state index contributed by atoms with van der Waals surface area (Å²) in [4.78, 5) is 3.43. The highest BCUT2D eigenvalue weighted by atomic mass is 19.1. The van der Waals surface area contributed by atoms with Crippen molar-refractivity contribution >= 4 is 5.69 Å². The molecule has 1 heterocycles. The van der Waals surface area contributed by atoms with Crippen LogP contribution in [0.25, 0.3) is 0 Å². The van der Waals surface area contributed by atoms with Gasteiger partial charge in [0.05, 0.1) is 19.5 Å². The zero-order valence-electron chi connectivity index (χ0n) is 10.5. The summed E-state index contributed by atoms with van der Waals surface area (Å²) in [5, 5.41) is 2.74. The molecule has 0 unspecified atom stereocenters. The topological polar surface area (TPSA) is 34.1 Å². The van der Waals surface area contributed by atoms with Crippen molar-refractivity contribution in [2.45, 2.75) is 6.42 Å². The van der Waals surface area contributed by atoms with Crippen LogP contribution in [0.1, 0.15) is 5.56 Å². The van der Waals surface area contributed by atoms with Gasteiger partial charge in [-0.25, -0.2) is 8.78 Å². The number of pyridine rings is 1. The van der Waals surface area contributed by atoms with Crippen LogP contribution in [0.5, 0.6) is 5.75 Å². The normalized spacial score (nSPS) is 10.3. The number of hydrogen-bond donors (Lipinski definition) is 1. The van der Waals surface area contributed by atoms with E-state index < -0.39 is 11.6 Å². The molecule has 1 aromatic heterocycles. The highest BCUT2D eigenvalue weighted by Gasteiger charge is 2.07. The Kier molecular flexibility index (Phi) is 4.28. The van der Waals surface area contributed by atoms with E-state index in [9.17, 15) is 8.78 Å². The van der Waals surface area contributed by atoms with Crippen molar-refractivity contribution in [3.63, 3.8) is 0 Å². The number of nitrogens with one attached hydrogen (secondary N) is 1. The van der Waals surface area contributed by atoms with Crippen molar-refractivity contribution in [1.29, 1.82) is 0 Å². The molecule has 0 atom stereocenters. The SMILES string of the molecule is COc1ccc(CCNc2c(F)cncc2F)cc1. The van der Waals surface area contributed by atoms with Crippen molar-refractivity contribution < 1.29 is 13.5 Å². The third kappa shape index (κ3) is 3.40. The van der Waals surface area contributed by atoms with Gasteiger partial charge in [0.15, 0.2) is 11.6 Å². The van der Waals surface area contributed by atoms with Gasteiger partial charge in [-0.05, 0) is 24.1 Å². The highest BCUT2D eigenvalue weighted by Crippen LogP contribution is 2.17. The molecule has 0 aliphatic rings. The first-order valence-corrected chi connectivity index (χ1v) is 5.86. The van der Waals surface area contributed by atoms with Crippen LogP contribution in [0, 0.1) is 11.6 Å². The molecule has 0 aliphatic heterocycles. The molecule has 100 valence electrons. The molecule has 0 amide bonds. The highest BCUT2D eigenvalue weighted by molar-refractivity contribution is 5.44. The first-order chi connectivity index (χ1) is 9.20. The summed E-state index contributed by atoms with van der Waals surface area (Å²) >= 11 is 0. The Morgan fingerprint density at radius 3 is 2.32 bits per heavy atom. The van der Waals surface area contributed by atoms with Crippen LogP contribution < -0.4 is 10.1 Å². The van der Waals surface area contributed by atoms with Crippen LogP contribution in [0.3, 0.4) is 0 Å². The number of nitrogens with zero attached hydrogens (tertiary/aromatic N) is 1. The van der Waals surface area contributed by atoms with Crippen molar-refractivity contribution in [3.8, 4) is 5.75 Å². The number of benzene rings is 1. The maximum absolute atomic E-state index is 13.3. The number of ether oxygens (including phenoxy) is 1. The summed E-state index contributed by atoms with van der Waals surface area (Å²) in [6.07, 6.45) is 2.63. The molecule has 0 saturated carbocycles. The molecule has 0 fully saturated rings. The van der Waals surface area contributed by atoms with Crippen LogP contribution in [-0.2, 0) is 6.42 Å². The zero-order valence-corrected chi connectivity index (χ0v) is 10.5. The van der Waals surface area contributed by atoms with E-state index in [2.05, 4.69) is 10.3 Å². The first-order valence-electron chi connectivity index (χ1n) is 5.86. The van der Waals surface area contributed by atoms with Crippen LogP contribution in [0.2, 0.25) is 0 Å². The molecule has 0 aliphatic carbocycles. The fourth-order valence-corrected chi connectivity index (χ4v) is 1.70. The number of halogens is 2. The summed E-state index contributed by atoms with van der Waals surface area (Å²) in [7, 11) is 1.60. The summed E-state index contributed by atoms with van der Waals surface area (Å²) in [6.45, 7) is 0.435. The maximum Gasteiger partial charge on any atom is 0.167 e. The van der Waals surface area contributed by atoms with Gasteiger partial charge in [0.25, 0.3) is 0 Å². The lowest BCUT2D eigenvalue weighted by Crippen LogP contribution is -2.08. The lowest BCUT2D eigenvalue weighted by Gasteiger charge is -2.08. The van der Waals surface area contributed by atoms with E-state index in [4.69, 9.17) is 4.74 Å². The second kappa shape index (κ2) is 6.13. The summed E-state index contributed by atoms with van der Waals surface area (Å²) in [6, 6.07) is 7.53. The Hall–Kier alpha value is -2.17. The van der Waals surface area contributed by atoms with Crippen molar-refractivity contribution in [3.05, 3.63) is 53.9 Å². The fraction of sp³-hybridized carbons (Fsp3) is 0.214. The number of aromatic nitrogens is 1. The molecular weight excluding hydrogens is 250 g/mol. The molecular formula is C14H14F2N2O. The lowest BCUT2D eigenvalue weighted by atomic mass is 10.1. The summed E-state index contributed by atoms with van der Waals surface area (Å²) < 4.78 is 31.6. The first kappa shape index (κ1) is 13.3. The van der Waals surface area contributed by atoms with Gasteiger partial charge in [-0.2, -0.15) is 0 Å². The number of rotatable bonds is 5. The van der Waals surface area contributed by atoms with Gasteiger partial charge in [-0.3, -0.25) is 4.98 Å². The molecule has 19 heavy (non-hydrogen) atoms. The maximum atomic E-state index is 13.3. The Labute approximate surface area is 110 Å². The fourth-order valence-electron chi connectivity index (χ4n) is 1.70. The van der Waals surface area contributed by atoms with E-state index in [0.29, 0.717) is 13.0 Å². The standard InChI is InChI=1S/C14H14F2N2O/c1-19-11-4-2-10(3-5-11)6-7-18-14-12(15)8-17-9-13(14)16/h2-5,8-9H,6-7H2,1H3,(H,17,18). The van der Waals surface area contributed by atoms with Crippen LogP contribution >= 0.6 is 0 Å². The molecule has 1 aromatic carbocycles. The number of hydrogen-bond acceptors (Lipinski definition) is 3. The van der Waals surface area contributed by atoms with Gasteiger partial charge in [-0.15, -0.1) is 0 Å². The number of anilines is 1. The Morgan fingerprint density at radius 1 is 1.11 bits per heavy atom. The molecule has 0 saturated heterocycles. The molecule has 0 bridgehead atoms. The molecule has 5 heteroatoms. The average Bonchev–Trinajstić information content (AvgIpc) is 2.43. The Balaban J connectivity index is 1.92. The van der Waals surface area contributed by atoms with E-state index >= 15 is 0 Å². The van der Waals surface area contributed by atoms with Crippen molar-refractivity contribution in [2.24, 2.45) is 0 Å². The van der Waals surface area contributed by atoms with Gasteiger partial charge >= 0.3 is 0 Å². The third-order valence-electron chi connectivity index (χ3n) is 2.73. The van der Waals surface area contributed by atoms with Crippen LogP contribution in [0.4, 0.5) is 14.5 Å². The molecule has 3 nitrogen and oxygen atoms in total. The van der Waals surface area contributed by atoms with Crippen LogP contribution in [-0.4, -0.2) is 18.6 Å². The largest absolute Gasteiger partial charge is 0.497 e. The molecule has 2 rings (SSSR count). The van der Waals surface area contributed by atoms with Gasteiger partial charge in [0.2, 0.25) is 0 Å². The van der Waals surface area contributed by atoms with E-state index in [1.54, 1.807) is 7.11 Å². The van der Waals surface area contributed by atoms with E-state index in [1.807, 2.05) is 24.3 Å². The summed E-state index contributed by atoms with van der Waals surface area (Å²) in [5.74, 6) is -0.590. The minimum atomic E-state index is -0.685. The smallest absolute Gasteiger partial charge is 0.167 e. The Morgan fingerprint density at radius 2 is 1.74 bits per heavy atom. The zero-order chi connectivity index (χ0) is 13.7. The van der Waals surface area contributed by atoms with Crippen LogP contribution in [0.15, 0.2) is 36.7 Å². The quantitative estimate of drug-likeness (QED) is 0.901. The average molecular weight is 264 g/mol. The lowest BCUT2D eigenvalue weighted by molar-refractivity contribution is 0.414. The second-order valence-corrected chi connectivity index (χ2v) is 4.00. The van der Waals surface area contributed by atoms with E-state index in [-0.39, 0.29) is 5.69 Å². The van der Waals surface area contributed by atoms with Crippen molar-refractivity contribution in [1.82, 2.24) is 4.98 Å².